The highest BCUT2D eigenvalue weighted by Crippen LogP contribution is 2.21. The fraction of sp³-hybridized carbons (Fsp3) is 0.529. The van der Waals surface area contributed by atoms with Crippen LogP contribution in [-0.2, 0) is 4.79 Å². The Balaban J connectivity index is 0.00000338. The number of benzene rings is 1. The van der Waals surface area contributed by atoms with Gasteiger partial charge in [0, 0.05) is 52.9 Å². The normalized spacial score (nSPS) is 14.7. The van der Waals surface area contributed by atoms with Crippen molar-refractivity contribution < 1.29 is 13.6 Å². The second-order valence-electron chi connectivity index (χ2n) is 6.03. The molecule has 146 valence electrons. The summed E-state index contributed by atoms with van der Waals surface area (Å²) >= 11 is 0. The van der Waals surface area contributed by atoms with Crippen LogP contribution in [0.4, 0.5) is 14.5 Å². The lowest BCUT2D eigenvalue weighted by Gasteiger charge is -2.37. The second-order valence-corrected chi connectivity index (χ2v) is 6.03. The Bertz CT molecular complexity index is 634. The van der Waals surface area contributed by atoms with Gasteiger partial charge >= 0.3 is 0 Å². The van der Waals surface area contributed by atoms with Crippen molar-refractivity contribution in [3.05, 3.63) is 29.8 Å². The van der Waals surface area contributed by atoms with E-state index >= 15 is 0 Å². The average Bonchev–Trinajstić information content (AvgIpc) is 2.60. The number of halogens is 3. The maximum absolute atomic E-state index is 13.9. The number of hydrogen-bond donors (Lipinski definition) is 1. The SMILES string of the molecule is CCNC(=NCC(=O)N(C)C)N1CCN(c2cc(F)ccc2F)CC1.I. The summed E-state index contributed by atoms with van der Waals surface area (Å²) in [7, 11) is 3.38. The van der Waals surface area contributed by atoms with Crippen LogP contribution in [0, 0.1) is 11.6 Å². The first-order valence-electron chi connectivity index (χ1n) is 8.35. The number of hydrogen-bond acceptors (Lipinski definition) is 3. The van der Waals surface area contributed by atoms with Crippen molar-refractivity contribution in [2.24, 2.45) is 4.99 Å². The molecule has 0 unspecified atom stereocenters. The van der Waals surface area contributed by atoms with E-state index in [4.69, 9.17) is 0 Å². The number of guanidine groups is 1. The molecule has 0 aromatic heterocycles. The van der Waals surface area contributed by atoms with Crippen molar-refractivity contribution in [2.45, 2.75) is 6.92 Å². The van der Waals surface area contributed by atoms with Crippen molar-refractivity contribution in [3.8, 4) is 0 Å². The summed E-state index contributed by atoms with van der Waals surface area (Å²) in [5.41, 5.74) is 0.282. The Labute approximate surface area is 170 Å². The summed E-state index contributed by atoms with van der Waals surface area (Å²) in [6.45, 7) is 5.04. The molecule has 6 nitrogen and oxygen atoms in total. The van der Waals surface area contributed by atoms with Crippen LogP contribution in [0.3, 0.4) is 0 Å². The number of amides is 1. The van der Waals surface area contributed by atoms with E-state index in [2.05, 4.69) is 10.3 Å². The smallest absolute Gasteiger partial charge is 0.243 e. The molecule has 0 aliphatic carbocycles. The maximum Gasteiger partial charge on any atom is 0.243 e. The van der Waals surface area contributed by atoms with E-state index in [1.54, 1.807) is 14.1 Å². The highest BCUT2D eigenvalue weighted by Gasteiger charge is 2.22. The summed E-state index contributed by atoms with van der Waals surface area (Å²) in [6, 6.07) is 3.49. The predicted molar refractivity (Wildman–Crippen MR) is 110 cm³/mol. The van der Waals surface area contributed by atoms with Crippen molar-refractivity contribution in [1.82, 2.24) is 15.1 Å². The van der Waals surface area contributed by atoms with E-state index in [-0.39, 0.29) is 42.1 Å². The molecule has 1 N–H and O–H groups in total. The molecule has 2 rings (SSSR count). The van der Waals surface area contributed by atoms with Gasteiger partial charge in [-0.15, -0.1) is 24.0 Å². The molecule has 0 atom stereocenters. The summed E-state index contributed by atoms with van der Waals surface area (Å²) in [5.74, 6) is -0.282. The molecule has 9 heteroatoms. The van der Waals surface area contributed by atoms with Crippen LogP contribution in [0.2, 0.25) is 0 Å². The van der Waals surface area contributed by atoms with Crippen molar-refractivity contribution in [3.63, 3.8) is 0 Å². The summed E-state index contributed by atoms with van der Waals surface area (Å²) in [6.07, 6.45) is 0. The van der Waals surface area contributed by atoms with Gasteiger partial charge < -0.3 is 20.0 Å². The number of carbonyl (C=O) groups is 1. The first-order chi connectivity index (χ1) is 11.9. The number of anilines is 1. The van der Waals surface area contributed by atoms with E-state index in [9.17, 15) is 13.6 Å². The maximum atomic E-state index is 13.9. The van der Waals surface area contributed by atoms with Gasteiger partial charge in [0.05, 0.1) is 5.69 Å². The van der Waals surface area contributed by atoms with Crippen LogP contribution in [0.15, 0.2) is 23.2 Å². The zero-order valence-corrected chi connectivity index (χ0v) is 17.7. The third-order valence-corrected chi connectivity index (χ3v) is 4.03. The number of nitrogens with zero attached hydrogens (tertiary/aromatic N) is 4. The first kappa shape index (κ1) is 22.4. The minimum atomic E-state index is -0.448. The molecule has 0 saturated carbocycles. The van der Waals surface area contributed by atoms with Gasteiger partial charge in [0.25, 0.3) is 0 Å². The highest BCUT2D eigenvalue weighted by atomic mass is 127. The summed E-state index contributed by atoms with van der Waals surface area (Å²) in [4.78, 5) is 21.5. The van der Waals surface area contributed by atoms with Gasteiger partial charge in [0.15, 0.2) is 5.96 Å². The van der Waals surface area contributed by atoms with E-state index in [0.29, 0.717) is 38.7 Å². The van der Waals surface area contributed by atoms with Crippen molar-refractivity contribution >= 4 is 41.5 Å². The quantitative estimate of drug-likeness (QED) is 0.405. The zero-order valence-electron chi connectivity index (χ0n) is 15.3. The fourth-order valence-corrected chi connectivity index (χ4v) is 2.60. The first-order valence-corrected chi connectivity index (χ1v) is 8.35. The number of nitrogens with one attached hydrogen (secondary N) is 1. The van der Waals surface area contributed by atoms with Gasteiger partial charge in [-0.1, -0.05) is 0 Å². The molecule has 0 radical (unpaired) electrons. The third kappa shape index (κ3) is 5.96. The highest BCUT2D eigenvalue weighted by molar-refractivity contribution is 14.0. The standard InChI is InChI=1S/C17H25F2N5O.HI/c1-4-20-17(21-12-16(25)22(2)3)24-9-7-23(8-10-24)15-11-13(18)5-6-14(15)19;/h5-6,11H,4,7-10,12H2,1-3H3,(H,20,21);1H. The molecule has 0 spiro atoms. The number of piperazine rings is 1. The third-order valence-electron chi connectivity index (χ3n) is 4.03. The van der Waals surface area contributed by atoms with Gasteiger partial charge in [0.1, 0.15) is 18.2 Å². The Kier molecular flexibility index (Phi) is 9.03. The lowest BCUT2D eigenvalue weighted by atomic mass is 10.2. The Hall–Kier alpha value is -1.65. The molecule has 1 aromatic rings. The number of likely N-dealkylation sites (N-methyl/N-ethyl adjacent to an activating group) is 1. The monoisotopic (exact) mass is 481 g/mol. The Morgan fingerprint density at radius 1 is 1.23 bits per heavy atom. The van der Waals surface area contributed by atoms with Crippen LogP contribution in [-0.4, -0.2) is 75.0 Å². The topological polar surface area (TPSA) is 51.2 Å². The van der Waals surface area contributed by atoms with Gasteiger partial charge in [-0.25, -0.2) is 13.8 Å². The minimum Gasteiger partial charge on any atom is -0.366 e. The predicted octanol–water partition coefficient (Wildman–Crippen LogP) is 1.76. The van der Waals surface area contributed by atoms with E-state index in [1.165, 1.54) is 11.0 Å². The molecule has 1 aliphatic heterocycles. The lowest BCUT2D eigenvalue weighted by molar-refractivity contribution is -0.127. The molecule has 1 aliphatic rings. The van der Waals surface area contributed by atoms with Crippen LogP contribution < -0.4 is 10.2 Å². The van der Waals surface area contributed by atoms with Gasteiger partial charge in [-0.3, -0.25) is 4.79 Å². The number of aliphatic imine (C=N–C) groups is 1. The molecule has 1 amide bonds. The average molecular weight is 481 g/mol. The second kappa shape index (κ2) is 10.5. The lowest BCUT2D eigenvalue weighted by Crippen LogP contribution is -2.53. The molecule has 0 bridgehead atoms. The van der Waals surface area contributed by atoms with Crippen LogP contribution in [0.1, 0.15) is 6.92 Å². The Morgan fingerprint density at radius 2 is 1.88 bits per heavy atom. The largest absolute Gasteiger partial charge is 0.366 e. The summed E-state index contributed by atoms with van der Waals surface area (Å²) in [5, 5.41) is 3.17. The van der Waals surface area contributed by atoms with Crippen molar-refractivity contribution in [1.29, 1.82) is 0 Å². The number of rotatable bonds is 4. The molecule has 1 fully saturated rings. The van der Waals surface area contributed by atoms with Crippen LogP contribution in [0.5, 0.6) is 0 Å². The fourth-order valence-electron chi connectivity index (χ4n) is 2.60. The van der Waals surface area contributed by atoms with Crippen LogP contribution in [0.25, 0.3) is 0 Å². The van der Waals surface area contributed by atoms with Gasteiger partial charge in [0.2, 0.25) is 5.91 Å². The van der Waals surface area contributed by atoms with E-state index in [0.717, 1.165) is 12.1 Å². The molecular weight excluding hydrogens is 455 g/mol. The van der Waals surface area contributed by atoms with E-state index < -0.39 is 11.6 Å². The molecule has 1 heterocycles. The van der Waals surface area contributed by atoms with Gasteiger partial charge in [-0.2, -0.15) is 0 Å². The van der Waals surface area contributed by atoms with Crippen LogP contribution >= 0.6 is 24.0 Å². The van der Waals surface area contributed by atoms with E-state index in [1.807, 2.05) is 16.7 Å². The zero-order chi connectivity index (χ0) is 18.4. The van der Waals surface area contributed by atoms with Gasteiger partial charge in [-0.05, 0) is 19.1 Å². The molecule has 1 saturated heterocycles. The number of carbonyl (C=O) groups excluding carboxylic acids is 1. The molecular formula is C17H26F2IN5O. The molecule has 1 aromatic carbocycles. The molecule has 26 heavy (non-hydrogen) atoms. The Morgan fingerprint density at radius 3 is 2.46 bits per heavy atom. The summed E-state index contributed by atoms with van der Waals surface area (Å²) < 4.78 is 27.3. The van der Waals surface area contributed by atoms with Crippen molar-refractivity contribution in [2.75, 3.05) is 58.3 Å². The minimum absolute atomic E-state index is 0.